The van der Waals surface area contributed by atoms with Crippen LogP contribution in [0.15, 0.2) is 0 Å². The second-order valence-electron chi connectivity index (χ2n) is 6.32. The van der Waals surface area contributed by atoms with E-state index in [1.54, 1.807) is 0 Å². The van der Waals surface area contributed by atoms with Gasteiger partial charge in [-0.1, -0.05) is 0 Å². The monoisotopic (exact) mass is 239 g/mol. The SMILES string of the molecule is OC1CCC(CNC2CCOC3(CCC3)C2)C1. The van der Waals surface area contributed by atoms with E-state index in [0.29, 0.717) is 12.0 Å². The molecule has 0 radical (unpaired) electrons. The zero-order chi connectivity index (χ0) is 11.7. The fraction of sp³-hybridized carbons (Fsp3) is 1.00. The van der Waals surface area contributed by atoms with Crippen molar-refractivity contribution in [2.45, 2.75) is 69.1 Å². The summed E-state index contributed by atoms with van der Waals surface area (Å²) in [4.78, 5) is 0. The van der Waals surface area contributed by atoms with Crippen LogP contribution >= 0.6 is 0 Å². The smallest absolute Gasteiger partial charge is 0.0697 e. The molecule has 3 nitrogen and oxygen atoms in total. The van der Waals surface area contributed by atoms with Crippen LogP contribution in [0.5, 0.6) is 0 Å². The highest BCUT2D eigenvalue weighted by Gasteiger charge is 2.42. The van der Waals surface area contributed by atoms with E-state index < -0.39 is 0 Å². The Labute approximate surface area is 104 Å². The summed E-state index contributed by atoms with van der Waals surface area (Å²) in [6.45, 7) is 2.03. The van der Waals surface area contributed by atoms with Gasteiger partial charge >= 0.3 is 0 Å². The van der Waals surface area contributed by atoms with Crippen LogP contribution in [0.1, 0.15) is 51.4 Å². The van der Waals surface area contributed by atoms with Crippen molar-refractivity contribution in [3.05, 3.63) is 0 Å². The molecule has 2 aliphatic carbocycles. The molecule has 2 N–H and O–H groups in total. The molecule has 1 spiro atoms. The molecule has 1 heterocycles. The highest BCUT2D eigenvalue weighted by Crippen LogP contribution is 2.42. The van der Waals surface area contributed by atoms with Gasteiger partial charge in [-0.3, -0.25) is 0 Å². The van der Waals surface area contributed by atoms with Crippen molar-refractivity contribution in [3.8, 4) is 0 Å². The number of aliphatic hydroxyl groups is 1. The summed E-state index contributed by atoms with van der Waals surface area (Å²) in [5, 5.41) is 13.2. The van der Waals surface area contributed by atoms with Gasteiger partial charge in [0.25, 0.3) is 0 Å². The van der Waals surface area contributed by atoms with Gasteiger partial charge in [-0.15, -0.1) is 0 Å². The van der Waals surface area contributed by atoms with E-state index in [1.165, 1.54) is 32.1 Å². The van der Waals surface area contributed by atoms with Gasteiger partial charge in [-0.2, -0.15) is 0 Å². The molecule has 0 bridgehead atoms. The predicted octanol–water partition coefficient (Wildman–Crippen LogP) is 1.84. The molecule has 0 aromatic carbocycles. The average molecular weight is 239 g/mol. The Morgan fingerprint density at radius 3 is 2.76 bits per heavy atom. The minimum Gasteiger partial charge on any atom is -0.393 e. The molecular weight excluding hydrogens is 214 g/mol. The van der Waals surface area contributed by atoms with Crippen LogP contribution in [0, 0.1) is 5.92 Å². The van der Waals surface area contributed by atoms with E-state index in [2.05, 4.69) is 5.32 Å². The third kappa shape index (κ3) is 2.67. The Bertz CT molecular complexity index is 265. The second kappa shape index (κ2) is 4.87. The first-order chi connectivity index (χ1) is 8.26. The standard InChI is InChI=1S/C14H25NO2/c16-13-3-2-11(8-13)10-15-12-4-7-17-14(9-12)5-1-6-14/h11-13,15-16H,1-10H2. The van der Waals surface area contributed by atoms with E-state index in [4.69, 9.17) is 4.74 Å². The lowest BCUT2D eigenvalue weighted by molar-refractivity contribution is -0.135. The molecule has 98 valence electrons. The molecule has 3 rings (SSSR count). The molecule has 2 saturated carbocycles. The maximum Gasteiger partial charge on any atom is 0.0697 e. The molecule has 3 atom stereocenters. The normalized spacial score (nSPS) is 40.4. The van der Waals surface area contributed by atoms with Crippen molar-refractivity contribution >= 4 is 0 Å². The molecule has 3 heteroatoms. The topological polar surface area (TPSA) is 41.5 Å². The summed E-state index contributed by atoms with van der Waals surface area (Å²) in [6.07, 6.45) is 9.43. The number of ether oxygens (including phenoxy) is 1. The molecule has 0 aromatic rings. The average Bonchev–Trinajstić information content (AvgIpc) is 2.71. The van der Waals surface area contributed by atoms with Gasteiger partial charge in [0, 0.05) is 12.6 Å². The fourth-order valence-electron chi connectivity index (χ4n) is 3.69. The summed E-state index contributed by atoms with van der Waals surface area (Å²) in [5.74, 6) is 0.699. The summed E-state index contributed by atoms with van der Waals surface area (Å²) in [7, 11) is 0. The lowest BCUT2D eigenvalue weighted by Crippen LogP contribution is -2.51. The van der Waals surface area contributed by atoms with E-state index in [0.717, 1.165) is 32.4 Å². The summed E-state index contributed by atoms with van der Waals surface area (Å²) in [6, 6.07) is 0.654. The van der Waals surface area contributed by atoms with Crippen molar-refractivity contribution in [3.63, 3.8) is 0 Å². The van der Waals surface area contributed by atoms with Gasteiger partial charge in [-0.25, -0.2) is 0 Å². The van der Waals surface area contributed by atoms with E-state index in [9.17, 15) is 5.11 Å². The van der Waals surface area contributed by atoms with Gasteiger partial charge in [-0.05, 0) is 63.8 Å². The van der Waals surface area contributed by atoms with Crippen molar-refractivity contribution in [2.75, 3.05) is 13.2 Å². The molecule has 0 amide bonds. The van der Waals surface area contributed by atoms with Crippen LogP contribution in [0.2, 0.25) is 0 Å². The zero-order valence-electron chi connectivity index (χ0n) is 10.7. The van der Waals surface area contributed by atoms with E-state index in [-0.39, 0.29) is 11.7 Å². The highest BCUT2D eigenvalue weighted by atomic mass is 16.5. The molecule has 17 heavy (non-hydrogen) atoms. The Hall–Kier alpha value is -0.120. The molecule has 1 saturated heterocycles. The summed E-state index contributed by atoms with van der Waals surface area (Å²) >= 11 is 0. The van der Waals surface area contributed by atoms with Crippen LogP contribution in [0.4, 0.5) is 0 Å². The first kappa shape index (κ1) is 11.9. The number of aliphatic hydroxyl groups excluding tert-OH is 1. The van der Waals surface area contributed by atoms with E-state index >= 15 is 0 Å². The molecular formula is C14H25NO2. The quantitative estimate of drug-likeness (QED) is 0.789. The predicted molar refractivity (Wildman–Crippen MR) is 66.9 cm³/mol. The first-order valence-electron chi connectivity index (χ1n) is 7.31. The van der Waals surface area contributed by atoms with Crippen molar-refractivity contribution in [1.29, 1.82) is 0 Å². The minimum absolute atomic E-state index is 0.0329. The number of hydrogen-bond acceptors (Lipinski definition) is 3. The van der Waals surface area contributed by atoms with E-state index in [1.807, 2.05) is 0 Å². The fourth-order valence-corrected chi connectivity index (χ4v) is 3.69. The Balaban J connectivity index is 1.42. The third-order valence-corrected chi connectivity index (χ3v) is 4.97. The highest BCUT2D eigenvalue weighted by molar-refractivity contribution is 4.96. The number of rotatable bonds is 3. The van der Waals surface area contributed by atoms with Crippen molar-refractivity contribution in [1.82, 2.24) is 5.32 Å². The lowest BCUT2D eigenvalue weighted by Gasteiger charge is -2.47. The largest absolute Gasteiger partial charge is 0.393 e. The number of hydrogen-bond donors (Lipinski definition) is 2. The van der Waals surface area contributed by atoms with Crippen LogP contribution in [-0.4, -0.2) is 36.0 Å². The molecule has 3 fully saturated rings. The van der Waals surface area contributed by atoms with Crippen molar-refractivity contribution in [2.24, 2.45) is 5.92 Å². The van der Waals surface area contributed by atoms with Gasteiger partial charge in [0.15, 0.2) is 0 Å². The van der Waals surface area contributed by atoms with Gasteiger partial charge in [0.1, 0.15) is 0 Å². The van der Waals surface area contributed by atoms with Crippen LogP contribution in [0.25, 0.3) is 0 Å². The maximum absolute atomic E-state index is 9.52. The van der Waals surface area contributed by atoms with Crippen LogP contribution < -0.4 is 5.32 Å². The third-order valence-electron chi connectivity index (χ3n) is 4.97. The van der Waals surface area contributed by atoms with Crippen LogP contribution in [0.3, 0.4) is 0 Å². The van der Waals surface area contributed by atoms with Gasteiger partial charge < -0.3 is 15.2 Å². The second-order valence-corrected chi connectivity index (χ2v) is 6.32. The Morgan fingerprint density at radius 1 is 1.24 bits per heavy atom. The number of nitrogens with one attached hydrogen (secondary N) is 1. The Kier molecular flexibility index (Phi) is 3.42. The summed E-state index contributed by atoms with van der Waals surface area (Å²) in [5.41, 5.74) is 0.255. The van der Waals surface area contributed by atoms with Gasteiger partial charge in [0.2, 0.25) is 0 Å². The first-order valence-corrected chi connectivity index (χ1v) is 7.31. The van der Waals surface area contributed by atoms with Crippen molar-refractivity contribution < 1.29 is 9.84 Å². The maximum atomic E-state index is 9.52. The van der Waals surface area contributed by atoms with Crippen LogP contribution in [-0.2, 0) is 4.74 Å². The molecule has 0 aromatic heterocycles. The zero-order valence-corrected chi connectivity index (χ0v) is 10.7. The lowest BCUT2D eigenvalue weighted by atomic mass is 9.74. The summed E-state index contributed by atoms with van der Waals surface area (Å²) < 4.78 is 5.94. The minimum atomic E-state index is -0.0329. The molecule has 3 unspecified atom stereocenters. The molecule has 3 aliphatic rings. The molecule has 1 aliphatic heterocycles. The Morgan fingerprint density at radius 2 is 2.12 bits per heavy atom. The van der Waals surface area contributed by atoms with Gasteiger partial charge in [0.05, 0.1) is 11.7 Å².